The Morgan fingerprint density at radius 2 is 1.71 bits per heavy atom. The zero-order chi connectivity index (χ0) is 12.5. The molecule has 2 rings (SSSR count). The molecule has 0 atom stereocenters. The fourth-order valence-corrected chi connectivity index (χ4v) is 2.15. The maximum Gasteiger partial charge on any atom is 0.175 e. The van der Waals surface area contributed by atoms with Gasteiger partial charge in [0.15, 0.2) is 9.84 Å². The van der Waals surface area contributed by atoms with Crippen molar-refractivity contribution < 1.29 is 8.42 Å². The molecule has 0 radical (unpaired) electrons. The molecule has 2 aromatic rings. The van der Waals surface area contributed by atoms with Crippen molar-refractivity contribution in [3.05, 3.63) is 42.6 Å². The number of hydrogen-bond donors (Lipinski definition) is 1. The van der Waals surface area contributed by atoms with Gasteiger partial charge in [-0.05, 0) is 35.4 Å². The molecule has 0 spiro atoms. The van der Waals surface area contributed by atoms with Crippen LogP contribution in [0, 0.1) is 0 Å². The highest BCUT2D eigenvalue weighted by atomic mass is 32.2. The summed E-state index contributed by atoms with van der Waals surface area (Å²) < 4.78 is 22.6. The molecule has 0 aliphatic carbocycles. The number of aromatic nitrogens is 1. The first kappa shape index (κ1) is 11.6. The first-order valence-corrected chi connectivity index (χ1v) is 6.88. The minimum Gasteiger partial charge on any atom is -0.384 e. The second-order valence-electron chi connectivity index (χ2n) is 3.77. The van der Waals surface area contributed by atoms with Crippen molar-refractivity contribution in [3.8, 4) is 11.1 Å². The Kier molecular flexibility index (Phi) is 2.85. The highest BCUT2D eigenvalue weighted by molar-refractivity contribution is 7.90. The zero-order valence-electron chi connectivity index (χ0n) is 9.29. The van der Waals surface area contributed by atoms with E-state index in [9.17, 15) is 8.42 Å². The molecule has 0 saturated carbocycles. The monoisotopic (exact) mass is 248 g/mol. The quantitative estimate of drug-likeness (QED) is 0.878. The van der Waals surface area contributed by atoms with Crippen molar-refractivity contribution in [2.75, 3.05) is 12.0 Å². The number of anilines is 1. The van der Waals surface area contributed by atoms with Crippen LogP contribution >= 0.6 is 0 Å². The second-order valence-corrected chi connectivity index (χ2v) is 5.78. The normalized spacial score (nSPS) is 11.4. The van der Waals surface area contributed by atoms with E-state index in [4.69, 9.17) is 5.73 Å². The van der Waals surface area contributed by atoms with Crippen molar-refractivity contribution >= 4 is 15.7 Å². The molecule has 5 heteroatoms. The van der Waals surface area contributed by atoms with E-state index in [1.54, 1.807) is 36.5 Å². The molecule has 0 aliphatic rings. The molecule has 0 aliphatic heterocycles. The van der Waals surface area contributed by atoms with Gasteiger partial charge in [-0.2, -0.15) is 0 Å². The number of hydrogen-bond acceptors (Lipinski definition) is 4. The standard InChI is InChI=1S/C12H12N2O2S/c1-17(15,16)11-4-2-9(3-5-11)10-6-7-14-12(13)8-10/h2-8H,1H3,(H2,13,14). The fourth-order valence-electron chi connectivity index (χ4n) is 1.52. The van der Waals surface area contributed by atoms with Crippen molar-refractivity contribution in [3.63, 3.8) is 0 Å². The fraction of sp³-hybridized carbons (Fsp3) is 0.0833. The molecule has 2 N–H and O–H groups in total. The summed E-state index contributed by atoms with van der Waals surface area (Å²) in [5.74, 6) is 0.440. The van der Waals surface area contributed by atoms with Crippen LogP contribution in [0.4, 0.5) is 5.82 Å². The molecule has 0 unspecified atom stereocenters. The molecule has 1 aromatic heterocycles. The third-order valence-corrected chi connectivity index (χ3v) is 3.53. The Morgan fingerprint density at radius 1 is 1.06 bits per heavy atom. The Labute approximate surface area is 100 Å². The van der Waals surface area contributed by atoms with Crippen molar-refractivity contribution in [2.24, 2.45) is 0 Å². The Morgan fingerprint density at radius 3 is 2.24 bits per heavy atom. The zero-order valence-corrected chi connectivity index (χ0v) is 10.1. The summed E-state index contributed by atoms with van der Waals surface area (Å²) in [6.45, 7) is 0. The highest BCUT2D eigenvalue weighted by Gasteiger charge is 2.06. The van der Waals surface area contributed by atoms with Gasteiger partial charge in [0.25, 0.3) is 0 Å². The number of pyridine rings is 1. The van der Waals surface area contributed by atoms with E-state index in [0.717, 1.165) is 11.1 Å². The van der Waals surface area contributed by atoms with Crippen LogP contribution in [0.1, 0.15) is 0 Å². The van der Waals surface area contributed by atoms with E-state index in [0.29, 0.717) is 10.7 Å². The van der Waals surface area contributed by atoms with Gasteiger partial charge in [0, 0.05) is 12.5 Å². The molecule has 0 saturated heterocycles. The van der Waals surface area contributed by atoms with Gasteiger partial charge in [-0.3, -0.25) is 0 Å². The Hall–Kier alpha value is -1.88. The Bertz CT molecular complexity index is 634. The van der Waals surface area contributed by atoms with Crippen molar-refractivity contribution in [1.29, 1.82) is 0 Å². The van der Waals surface area contributed by atoms with E-state index in [-0.39, 0.29) is 0 Å². The average molecular weight is 248 g/mol. The van der Waals surface area contributed by atoms with Crippen LogP contribution in [-0.2, 0) is 9.84 Å². The third kappa shape index (κ3) is 2.62. The van der Waals surface area contributed by atoms with Crippen LogP contribution in [0.2, 0.25) is 0 Å². The van der Waals surface area contributed by atoms with Gasteiger partial charge < -0.3 is 5.73 Å². The summed E-state index contributed by atoms with van der Waals surface area (Å²) >= 11 is 0. The van der Waals surface area contributed by atoms with Crippen LogP contribution in [0.5, 0.6) is 0 Å². The largest absolute Gasteiger partial charge is 0.384 e. The smallest absolute Gasteiger partial charge is 0.175 e. The number of nitrogen functional groups attached to an aromatic ring is 1. The molecular weight excluding hydrogens is 236 g/mol. The van der Waals surface area contributed by atoms with Crippen molar-refractivity contribution in [1.82, 2.24) is 4.98 Å². The predicted octanol–water partition coefficient (Wildman–Crippen LogP) is 1.73. The SMILES string of the molecule is CS(=O)(=O)c1ccc(-c2ccnc(N)c2)cc1. The number of sulfone groups is 1. The number of nitrogens with zero attached hydrogens (tertiary/aromatic N) is 1. The summed E-state index contributed by atoms with van der Waals surface area (Å²) in [4.78, 5) is 4.21. The maximum absolute atomic E-state index is 11.3. The summed E-state index contributed by atoms with van der Waals surface area (Å²) in [6, 6.07) is 10.3. The predicted molar refractivity (Wildman–Crippen MR) is 67.2 cm³/mol. The first-order valence-electron chi connectivity index (χ1n) is 4.99. The molecule has 0 amide bonds. The molecule has 1 aromatic carbocycles. The van der Waals surface area contributed by atoms with Crippen molar-refractivity contribution in [2.45, 2.75) is 4.90 Å². The van der Waals surface area contributed by atoms with E-state index < -0.39 is 9.84 Å². The lowest BCUT2D eigenvalue weighted by Crippen LogP contribution is -1.96. The van der Waals surface area contributed by atoms with Crippen LogP contribution in [-0.4, -0.2) is 19.7 Å². The molecular formula is C12H12N2O2S. The first-order chi connectivity index (χ1) is 7.97. The van der Waals surface area contributed by atoms with E-state index in [1.165, 1.54) is 6.26 Å². The molecule has 1 heterocycles. The lowest BCUT2D eigenvalue weighted by Gasteiger charge is -2.03. The van der Waals surface area contributed by atoms with Gasteiger partial charge in [0.05, 0.1) is 4.90 Å². The molecule has 88 valence electrons. The number of benzene rings is 1. The van der Waals surface area contributed by atoms with E-state index >= 15 is 0 Å². The lowest BCUT2D eigenvalue weighted by atomic mass is 10.1. The van der Waals surface area contributed by atoms with E-state index in [1.807, 2.05) is 6.07 Å². The minimum absolute atomic E-state index is 0.309. The third-order valence-electron chi connectivity index (χ3n) is 2.40. The summed E-state index contributed by atoms with van der Waals surface area (Å²) in [5, 5.41) is 0. The van der Waals surface area contributed by atoms with Gasteiger partial charge in [-0.1, -0.05) is 12.1 Å². The highest BCUT2D eigenvalue weighted by Crippen LogP contribution is 2.21. The van der Waals surface area contributed by atoms with Crippen LogP contribution in [0.25, 0.3) is 11.1 Å². The summed E-state index contributed by atoms with van der Waals surface area (Å²) in [5.41, 5.74) is 7.41. The molecule has 0 fully saturated rings. The van der Waals surface area contributed by atoms with Gasteiger partial charge in [-0.25, -0.2) is 13.4 Å². The maximum atomic E-state index is 11.3. The van der Waals surface area contributed by atoms with Gasteiger partial charge in [-0.15, -0.1) is 0 Å². The van der Waals surface area contributed by atoms with Gasteiger partial charge in [0.2, 0.25) is 0 Å². The average Bonchev–Trinajstić information content (AvgIpc) is 2.28. The molecule has 0 bridgehead atoms. The lowest BCUT2D eigenvalue weighted by molar-refractivity contribution is 0.602. The van der Waals surface area contributed by atoms with Crippen LogP contribution in [0.15, 0.2) is 47.5 Å². The minimum atomic E-state index is -3.15. The topological polar surface area (TPSA) is 73.0 Å². The number of rotatable bonds is 2. The second kappa shape index (κ2) is 4.18. The van der Waals surface area contributed by atoms with Gasteiger partial charge in [0.1, 0.15) is 5.82 Å². The van der Waals surface area contributed by atoms with Crippen LogP contribution < -0.4 is 5.73 Å². The number of nitrogens with two attached hydrogens (primary N) is 1. The molecule has 4 nitrogen and oxygen atoms in total. The van der Waals surface area contributed by atoms with Gasteiger partial charge >= 0.3 is 0 Å². The van der Waals surface area contributed by atoms with E-state index in [2.05, 4.69) is 4.98 Å². The van der Waals surface area contributed by atoms with Crippen LogP contribution in [0.3, 0.4) is 0 Å². The molecule has 17 heavy (non-hydrogen) atoms. The summed E-state index contributed by atoms with van der Waals surface area (Å²) in [7, 11) is -3.15. The Balaban J connectivity index is 2.43. The summed E-state index contributed by atoms with van der Waals surface area (Å²) in [6.07, 6.45) is 2.81.